The topological polar surface area (TPSA) is 36.3 Å². The van der Waals surface area contributed by atoms with Gasteiger partial charge in [-0.05, 0) is 44.7 Å². The molecule has 0 radical (unpaired) electrons. The molecule has 1 aromatic rings. The second kappa shape index (κ2) is 4.77. The number of anilines is 1. The van der Waals surface area contributed by atoms with Crippen molar-refractivity contribution < 1.29 is 4.74 Å². The van der Waals surface area contributed by atoms with Crippen molar-refractivity contribution in [1.29, 1.82) is 5.26 Å². The van der Waals surface area contributed by atoms with Gasteiger partial charge in [0.1, 0.15) is 11.8 Å². The van der Waals surface area contributed by atoms with Crippen molar-refractivity contribution in [3.63, 3.8) is 0 Å². The van der Waals surface area contributed by atoms with Crippen LogP contribution in [0.15, 0.2) is 12.1 Å². The van der Waals surface area contributed by atoms with Crippen molar-refractivity contribution in [3.05, 3.63) is 23.3 Å². The molecule has 0 saturated carbocycles. The first-order chi connectivity index (χ1) is 8.94. The zero-order valence-corrected chi connectivity index (χ0v) is 12.4. The Kier molecular flexibility index (Phi) is 3.45. The zero-order chi connectivity index (χ0) is 14.2. The van der Waals surface area contributed by atoms with Gasteiger partial charge in [-0.25, -0.2) is 0 Å². The number of hydrogen-bond acceptors (Lipinski definition) is 3. The summed E-state index contributed by atoms with van der Waals surface area (Å²) in [5.41, 5.74) is 3.24. The molecule has 0 aromatic heterocycles. The van der Waals surface area contributed by atoms with E-state index in [4.69, 9.17) is 4.74 Å². The molecule has 1 aliphatic rings. The lowest BCUT2D eigenvalue weighted by Crippen LogP contribution is -2.48. The first-order valence-electron chi connectivity index (χ1n) is 6.84. The second-order valence-corrected chi connectivity index (χ2v) is 5.88. The lowest BCUT2D eigenvalue weighted by Gasteiger charge is -2.47. The fourth-order valence-corrected chi connectivity index (χ4v) is 3.36. The molecular formula is C16H22N2O. The van der Waals surface area contributed by atoms with Crippen molar-refractivity contribution in [2.45, 2.75) is 45.6 Å². The largest absolute Gasteiger partial charge is 0.495 e. The summed E-state index contributed by atoms with van der Waals surface area (Å²) in [5.74, 6) is 1.13. The summed E-state index contributed by atoms with van der Waals surface area (Å²) >= 11 is 0. The summed E-state index contributed by atoms with van der Waals surface area (Å²) in [6.07, 6.45) is 1.10. The van der Waals surface area contributed by atoms with Crippen LogP contribution in [0.4, 0.5) is 5.69 Å². The van der Waals surface area contributed by atoms with Crippen LogP contribution >= 0.6 is 0 Å². The molecule has 1 aromatic carbocycles. The molecule has 0 amide bonds. The van der Waals surface area contributed by atoms with Crippen LogP contribution in [-0.2, 0) is 0 Å². The molecule has 1 aliphatic heterocycles. The monoisotopic (exact) mass is 258 g/mol. The number of ether oxygens (including phenoxy) is 1. The number of rotatable bonds is 2. The van der Waals surface area contributed by atoms with Gasteiger partial charge in [-0.2, -0.15) is 5.26 Å². The van der Waals surface area contributed by atoms with Gasteiger partial charge < -0.3 is 9.64 Å². The van der Waals surface area contributed by atoms with E-state index in [0.717, 1.165) is 13.0 Å². The fourth-order valence-electron chi connectivity index (χ4n) is 3.36. The highest BCUT2D eigenvalue weighted by Gasteiger charge is 2.36. The normalized spacial score (nSPS) is 20.6. The maximum Gasteiger partial charge on any atom is 0.138 e. The van der Waals surface area contributed by atoms with Crippen LogP contribution in [-0.4, -0.2) is 19.2 Å². The highest BCUT2D eigenvalue weighted by molar-refractivity contribution is 5.66. The lowest BCUT2D eigenvalue weighted by molar-refractivity contribution is 0.377. The predicted octanol–water partition coefficient (Wildman–Crippen LogP) is 3.68. The van der Waals surface area contributed by atoms with Gasteiger partial charge in [-0.3, -0.25) is 0 Å². The Morgan fingerprint density at radius 2 is 2.16 bits per heavy atom. The third kappa shape index (κ3) is 2.16. The van der Waals surface area contributed by atoms with Gasteiger partial charge in [0.2, 0.25) is 0 Å². The predicted molar refractivity (Wildman–Crippen MR) is 77.8 cm³/mol. The summed E-state index contributed by atoms with van der Waals surface area (Å²) in [7, 11) is 1.62. The standard InChI is InChI=1S/C16H22N2O/c1-6-18-14-8-15(19-5)12(10-17)7-13(14)11(2)9-16(18,3)4/h7-8,11H,6,9H2,1-5H3/t11-/m1/s1. The Morgan fingerprint density at radius 1 is 1.47 bits per heavy atom. The van der Waals surface area contributed by atoms with Crippen LogP contribution in [0.3, 0.4) is 0 Å². The summed E-state index contributed by atoms with van der Waals surface area (Å²) < 4.78 is 5.35. The van der Waals surface area contributed by atoms with Crippen molar-refractivity contribution in [1.82, 2.24) is 0 Å². The molecule has 0 aliphatic carbocycles. The van der Waals surface area contributed by atoms with Crippen LogP contribution in [0.5, 0.6) is 5.75 Å². The van der Waals surface area contributed by atoms with Crippen molar-refractivity contribution in [2.75, 3.05) is 18.6 Å². The average Bonchev–Trinajstić information content (AvgIpc) is 2.36. The maximum atomic E-state index is 9.22. The molecule has 3 nitrogen and oxygen atoms in total. The van der Waals surface area contributed by atoms with Gasteiger partial charge >= 0.3 is 0 Å². The number of nitriles is 1. The molecule has 2 rings (SSSR count). The smallest absolute Gasteiger partial charge is 0.138 e. The molecule has 1 heterocycles. The molecule has 3 heteroatoms. The van der Waals surface area contributed by atoms with Crippen molar-refractivity contribution in [3.8, 4) is 11.8 Å². The summed E-state index contributed by atoms with van der Waals surface area (Å²) in [6.45, 7) is 9.93. The van der Waals surface area contributed by atoms with E-state index in [-0.39, 0.29) is 5.54 Å². The summed E-state index contributed by atoms with van der Waals surface area (Å²) in [6, 6.07) is 6.25. The Bertz CT molecular complexity index is 528. The molecule has 0 unspecified atom stereocenters. The highest BCUT2D eigenvalue weighted by atomic mass is 16.5. The number of nitrogens with zero attached hydrogens (tertiary/aromatic N) is 2. The Balaban J connectivity index is 2.64. The Labute approximate surface area is 115 Å². The zero-order valence-electron chi connectivity index (χ0n) is 12.4. The molecule has 102 valence electrons. The summed E-state index contributed by atoms with van der Waals surface area (Å²) in [5, 5.41) is 9.22. The minimum Gasteiger partial charge on any atom is -0.495 e. The van der Waals surface area contributed by atoms with Crippen molar-refractivity contribution in [2.24, 2.45) is 0 Å². The van der Waals surface area contributed by atoms with E-state index in [9.17, 15) is 5.26 Å². The first-order valence-corrected chi connectivity index (χ1v) is 6.84. The van der Waals surface area contributed by atoms with E-state index in [0.29, 0.717) is 17.2 Å². The van der Waals surface area contributed by atoms with E-state index in [1.165, 1.54) is 11.3 Å². The first kappa shape index (κ1) is 13.7. The Hall–Kier alpha value is -1.69. The number of benzene rings is 1. The van der Waals surface area contributed by atoms with Gasteiger partial charge in [0.25, 0.3) is 0 Å². The van der Waals surface area contributed by atoms with E-state index < -0.39 is 0 Å². The average molecular weight is 258 g/mol. The van der Waals surface area contributed by atoms with Crippen molar-refractivity contribution >= 4 is 5.69 Å². The molecule has 0 saturated heterocycles. The third-order valence-corrected chi connectivity index (χ3v) is 4.14. The third-order valence-electron chi connectivity index (χ3n) is 4.14. The van der Waals surface area contributed by atoms with Crippen LogP contribution in [0.2, 0.25) is 0 Å². The number of hydrogen-bond donors (Lipinski definition) is 0. The number of fused-ring (bicyclic) bond motifs is 1. The van der Waals surface area contributed by atoms with E-state index >= 15 is 0 Å². The van der Waals surface area contributed by atoms with Crippen LogP contribution < -0.4 is 9.64 Å². The quantitative estimate of drug-likeness (QED) is 0.812. The van der Waals surface area contributed by atoms with Gasteiger partial charge in [-0.1, -0.05) is 6.92 Å². The molecule has 0 spiro atoms. The molecule has 19 heavy (non-hydrogen) atoms. The summed E-state index contributed by atoms with van der Waals surface area (Å²) in [4.78, 5) is 2.41. The fraction of sp³-hybridized carbons (Fsp3) is 0.562. The van der Waals surface area contributed by atoms with E-state index in [2.05, 4.69) is 38.7 Å². The van der Waals surface area contributed by atoms with Crippen LogP contribution in [0.25, 0.3) is 0 Å². The minimum absolute atomic E-state index is 0.139. The van der Waals surface area contributed by atoms with E-state index in [1.54, 1.807) is 7.11 Å². The van der Waals surface area contributed by atoms with E-state index in [1.807, 2.05) is 12.1 Å². The van der Waals surface area contributed by atoms with Gasteiger partial charge in [-0.15, -0.1) is 0 Å². The van der Waals surface area contributed by atoms with Crippen LogP contribution in [0.1, 0.15) is 51.2 Å². The lowest BCUT2D eigenvalue weighted by atomic mass is 9.79. The van der Waals surface area contributed by atoms with Gasteiger partial charge in [0.15, 0.2) is 0 Å². The molecule has 0 bridgehead atoms. The molecule has 0 fully saturated rings. The van der Waals surface area contributed by atoms with Crippen LogP contribution in [0, 0.1) is 11.3 Å². The molecular weight excluding hydrogens is 236 g/mol. The second-order valence-electron chi connectivity index (χ2n) is 5.88. The minimum atomic E-state index is 0.139. The number of methoxy groups -OCH3 is 1. The van der Waals surface area contributed by atoms with Gasteiger partial charge in [0, 0.05) is 23.8 Å². The van der Waals surface area contributed by atoms with Gasteiger partial charge in [0.05, 0.1) is 12.7 Å². The Morgan fingerprint density at radius 3 is 2.68 bits per heavy atom. The molecule has 0 N–H and O–H groups in total. The highest BCUT2D eigenvalue weighted by Crippen LogP contribution is 2.45. The molecule has 1 atom stereocenters. The SMILES string of the molecule is CCN1c2cc(OC)c(C#N)cc2[C@H](C)CC1(C)C. The maximum absolute atomic E-state index is 9.22.